The first-order valence-corrected chi connectivity index (χ1v) is 5.74. The zero-order valence-electron chi connectivity index (χ0n) is 10.6. The Morgan fingerprint density at radius 3 is 2.94 bits per heavy atom. The third-order valence-electron chi connectivity index (χ3n) is 2.64. The number of hydrogen-bond donors (Lipinski definition) is 2. The van der Waals surface area contributed by atoms with Crippen molar-refractivity contribution in [2.24, 2.45) is 0 Å². The molecule has 0 saturated heterocycles. The van der Waals surface area contributed by atoms with Gasteiger partial charge in [-0.2, -0.15) is 0 Å². The number of likely N-dealkylation sites (N-methyl/N-ethyl adjacent to an activating group) is 1. The van der Waals surface area contributed by atoms with E-state index in [1.807, 2.05) is 25.8 Å². The van der Waals surface area contributed by atoms with Crippen molar-refractivity contribution in [3.8, 4) is 0 Å². The van der Waals surface area contributed by atoms with Crippen molar-refractivity contribution in [3.63, 3.8) is 0 Å². The molecular weight excluding hydrogens is 216 g/mol. The van der Waals surface area contributed by atoms with Gasteiger partial charge in [0, 0.05) is 19.3 Å². The summed E-state index contributed by atoms with van der Waals surface area (Å²) in [7, 11) is 1.84. The van der Waals surface area contributed by atoms with Crippen molar-refractivity contribution in [1.82, 2.24) is 10.3 Å². The highest BCUT2D eigenvalue weighted by Crippen LogP contribution is 2.19. The summed E-state index contributed by atoms with van der Waals surface area (Å²) >= 11 is 0. The monoisotopic (exact) mass is 236 g/mol. The zero-order chi connectivity index (χ0) is 12.8. The second-order valence-electron chi connectivity index (χ2n) is 4.17. The number of nitrogens with zero attached hydrogens (tertiary/aromatic N) is 2. The summed E-state index contributed by atoms with van der Waals surface area (Å²) in [6, 6.07) is 2.00. The zero-order valence-corrected chi connectivity index (χ0v) is 10.6. The van der Waals surface area contributed by atoms with Gasteiger partial charge in [-0.3, -0.25) is 9.78 Å². The molecule has 0 radical (unpaired) electrons. The normalized spacial score (nSPS) is 11.9. The molecule has 0 spiro atoms. The molecule has 0 bridgehead atoms. The van der Waals surface area contributed by atoms with Gasteiger partial charge in [-0.1, -0.05) is 6.92 Å². The molecule has 1 amide bonds. The van der Waals surface area contributed by atoms with Crippen molar-refractivity contribution in [1.29, 1.82) is 0 Å². The van der Waals surface area contributed by atoms with E-state index >= 15 is 0 Å². The van der Waals surface area contributed by atoms with Gasteiger partial charge in [-0.15, -0.1) is 0 Å². The molecule has 3 N–H and O–H groups in total. The lowest BCUT2D eigenvalue weighted by Crippen LogP contribution is -2.39. The molecule has 1 aromatic heterocycles. The second kappa shape index (κ2) is 6.08. The summed E-state index contributed by atoms with van der Waals surface area (Å²) in [5, 5.41) is 2.91. The lowest BCUT2D eigenvalue weighted by molar-refractivity contribution is -0.120. The third kappa shape index (κ3) is 3.94. The highest BCUT2D eigenvalue weighted by atomic mass is 16.2. The van der Waals surface area contributed by atoms with Gasteiger partial charge in [0.25, 0.3) is 0 Å². The topological polar surface area (TPSA) is 71.2 Å². The van der Waals surface area contributed by atoms with E-state index in [-0.39, 0.29) is 11.9 Å². The van der Waals surface area contributed by atoms with Gasteiger partial charge < -0.3 is 16.0 Å². The highest BCUT2D eigenvalue weighted by Gasteiger charge is 2.11. The van der Waals surface area contributed by atoms with Crippen molar-refractivity contribution >= 4 is 17.3 Å². The minimum absolute atomic E-state index is 0.00179. The SMILES string of the molecule is CCC(C)NC(=O)CN(C)c1ccncc1N. The standard InChI is InChI=1S/C12H20N4O/c1-4-9(2)15-12(17)8-16(3)11-5-6-14-7-10(11)13/h5-7,9H,4,8,13H2,1-3H3,(H,15,17). The van der Waals surface area contributed by atoms with E-state index < -0.39 is 0 Å². The predicted molar refractivity (Wildman–Crippen MR) is 69.8 cm³/mol. The number of pyridine rings is 1. The van der Waals surface area contributed by atoms with E-state index in [0.717, 1.165) is 12.1 Å². The van der Waals surface area contributed by atoms with Gasteiger partial charge in [0.1, 0.15) is 0 Å². The van der Waals surface area contributed by atoms with Crippen LogP contribution in [0.15, 0.2) is 18.5 Å². The van der Waals surface area contributed by atoms with Crippen LogP contribution in [0.2, 0.25) is 0 Å². The Labute approximate surface area is 102 Å². The van der Waals surface area contributed by atoms with Crippen LogP contribution < -0.4 is 16.0 Å². The first kappa shape index (κ1) is 13.3. The number of aromatic nitrogens is 1. The van der Waals surface area contributed by atoms with Gasteiger partial charge >= 0.3 is 0 Å². The lowest BCUT2D eigenvalue weighted by atomic mass is 10.2. The maximum absolute atomic E-state index is 11.7. The van der Waals surface area contributed by atoms with E-state index in [2.05, 4.69) is 10.3 Å². The molecule has 1 rings (SSSR count). The first-order chi connectivity index (χ1) is 8.04. The first-order valence-electron chi connectivity index (χ1n) is 5.74. The number of nitrogens with two attached hydrogens (primary N) is 1. The number of anilines is 2. The van der Waals surface area contributed by atoms with Gasteiger partial charge in [-0.25, -0.2) is 0 Å². The quantitative estimate of drug-likeness (QED) is 0.800. The molecular formula is C12H20N4O. The van der Waals surface area contributed by atoms with Crippen LogP contribution in [0.5, 0.6) is 0 Å². The Morgan fingerprint density at radius 1 is 1.65 bits per heavy atom. The van der Waals surface area contributed by atoms with Crippen molar-refractivity contribution < 1.29 is 4.79 Å². The summed E-state index contributed by atoms with van der Waals surface area (Å²) in [6.45, 7) is 4.31. The molecule has 1 aromatic rings. The Kier molecular flexibility index (Phi) is 4.75. The molecule has 0 fully saturated rings. The number of hydrogen-bond acceptors (Lipinski definition) is 4. The van der Waals surface area contributed by atoms with Crippen molar-refractivity contribution in [2.45, 2.75) is 26.3 Å². The summed E-state index contributed by atoms with van der Waals surface area (Å²) in [6.07, 6.45) is 4.17. The van der Waals surface area contributed by atoms with Crippen LogP contribution in [0.25, 0.3) is 0 Å². The number of carbonyl (C=O) groups is 1. The number of rotatable bonds is 5. The molecule has 0 saturated carbocycles. The maximum Gasteiger partial charge on any atom is 0.239 e. The maximum atomic E-state index is 11.7. The number of nitrogen functional groups attached to an aromatic ring is 1. The fourth-order valence-electron chi connectivity index (χ4n) is 1.47. The van der Waals surface area contributed by atoms with E-state index in [9.17, 15) is 4.79 Å². The van der Waals surface area contributed by atoms with E-state index in [1.165, 1.54) is 0 Å². The molecule has 1 heterocycles. The van der Waals surface area contributed by atoms with E-state index in [4.69, 9.17) is 5.73 Å². The average Bonchev–Trinajstić information content (AvgIpc) is 2.29. The van der Waals surface area contributed by atoms with E-state index in [1.54, 1.807) is 18.5 Å². The van der Waals surface area contributed by atoms with Crippen LogP contribution in [0.1, 0.15) is 20.3 Å². The second-order valence-corrected chi connectivity index (χ2v) is 4.17. The highest BCUT2D eigenvalue weighted by molar-refractivity contribution is 5.82. The molecule has 94 valence electrons. The molecule has 0 aliphatic heterocycles. The fraction of sp³-hybridized carbons (Fsp3) is 0.500. The van der Waals surface area contributed by atoms with Gasteiger partial charge in [0.15, 0.2) is 0 Å². The summed E-state index contributed by atoms with van der Waals surface area (Å²) in [4.78, 5) is 17.4. The van der Waals surface area contributed by atoms with Crippen molar-refractivity contribution in [2.75, 3.05) is 24.2 Å². The van der Waals surface area contributed by atoms with Crippen LogP contribution in [-0.4, -0.2) is 30.5 Å². The Hall–Kier alpha value is -1.78. The smallest absolute Gasteiger partial charge is 0.239 e. The summed E-state index contributed by atoms with van der Waals surface area (Å²) < 4.78 is 0. The van der Waals surface area contributed by atoms with Gasteiger partial charge in [-0.05, 0) is 19.4 Å². The summed E-state index contributed by atoms with van der Waals surface area (Å²) in [5.74, 6) is -0.00179. The average molecular weight is 236 g/mol. The largest absolute Gasteiger partial charge is 0.396 e. The van der Waals surface area contributed by atoms with Crippen LogP contribution in [-0.2, 0) is 4.79 Å². The number of nitrogens with one attached hydrogen (secondary N) is 1. The molecule has 0 aliphatic carbocycles. The third-order valence-corrected chi connectivity index (χ3v) is 2.64. The lowest BCUT2D eigenvalue weighted by Gasteiger charge is -2.21. The van der Waals surface area contributed by atoms with E-state index in [0.29, 0.717) is 12.2 Å². The summed E-state index contributed by atoms with van der Waals surface area (Å²) in [5.41, 5.74) is 7.18. The molecule has 5 heteroatoms. The molecule has 1 atom stereocenters. The van der Waals surface area contributed by atoms with Crippen LogP contribution in [0, 0.1) is 0 Å². The fourth-order valence-corrected chi connectivity index (χ4v) is 1.47. The Bertz CT molecular complexity index is 381. The molecule has 0 aliphatic rings. The Morgan fingerprint density at radius 2 is 2.35 bits per heavy atom. The minimum atomic E-state index is -0.00179. The van der Waals surface area contributed by atoms with Crippen LogP contribution in [0.3, 0.4) is 0 Å². The number of carbonyl (C=O) groups excluding carboxylic acids is 1. The van der Waals surface area contributed by atoms with Crippen LogP contribution in [0.4, 0.5) is 11.4 Å². The molecule has 1 unspecified atom stereocenters. The molecule has 17 heavy (non-hydrogen) atoms. The minimum Gasteiger partial charge on any atom is -0.396 e. The van der Waals surface area contributed by atoms with Crippen LogP contribution >= 0.6 is 0 Å². The van der Waals surface area contributed by atoms with Gasteiger partial charge in [0.2, 0.25) is 5.91 Å². The Balaban J connectivity index is 2.58. The molecule has 0 aromatic carbocycles. The predicted octanol–water partition coefficient (Wildman–Crippen LogP) is 1.01. The van der Waals surface area contributed by atoms with Gasteiger partial charge in [0.05, 0.1) is 24.1 Å². The van der Waals surface area contributed by atoms with Crippen molar-refractivity contribution in [3.05, 3.63) is 18.5 Å². The molecule has 5 nitrogen and oxygen atoms in total. The number of amides is 1.